The topological polar surface area (TPSA) is 96.0 Å². The van der Waals surface area contributed by atoms with Gasteiger partial charge < -0.3 is 14.0 Å². The molecule has 0 bridgehead atoms. The van der Waals surface area contributed by atoms with Crippen molar-refractivity contribution in [2.24, 2.45) is 5.41 Å². The number of carbonyl (C=O) groups excluding carboxylic acids is 1. The van der Waals surface area contributed by atoms with Crippen LogP contribution in [-0.2, 0) is 24.4 Å². The predicted octanol–water partition coefficient (Wildman–Crippen LogP) is 2.44. The van der Waals surface area contributed by atoms with Crippen LogP contribution in [0.2, 0.25) is 0 Å². The average Bonchev–Trinajstić information content (AvgIpc) is 3.33. The van der Waals surface area contributed by atoms with Crippen molar-refractivity contribution < 1.29 is 27.2 Å². The smallest absolute Gasteiger partial charge is 0.311 e. The Hall–Kier alpha value is -1.44. The molecule has 1 heterocycles. The maximum atomic E-state index is 12.3. The molecule has 7 heteroatoms. The number of esters is 1. The summed E-state index contributed by atoms with van der Waals surface area (Å²) in [6.07, 6.45) is 1.39. The molecule has 1 aliphatic rings. The average molecular weight is 355 g/mol. The molecular formula is C17H23O6S-. The third-order valence-electron chi connectivity index (χ3n) is 4.24. The SMILES string of the molecule is CCC(CC(C)(C)C(=O)OCC1CO1)c1ccc(S(=O)(=O)[O-])cc1. The molecule has 0 saturated carbocycles. The van der Waals surface area contributed by atoms with E-state index in [1.54, 1.807) is 12.1 Å². The number of benzene rings is 1. The lowest BCUT2D eigenvalue weighted by Crippen LogP contribution is -2.29. The molecule has 1 aliphatic heterocycles. The Morgan fingerprint density at radius 2 is 1.96 bits per heavy atom. The van der Waals surface area contributed by atoms with Gasteiger partial charge in [0.25, 0.3) is 0 Å². The van der Waals surface area contributed by atoms with Crippen LogP contribution in [0.5, 0.6) is 0 Å². The predicted molar refractivity (Wildman–Crippen MR) is 86.5 cm³/mol. The summed E-state index contributed by atoms with van der Waals surface area (Å²) in [5.74, 6) is -0.205. The zero-order valence-electron chi connectivity index (χ0n) is 14.2. The van der Waals surface area contributed by atoms with Crippen molar-refractivity contribution in [1.82, 2.24) is 0 Å². The lowest BCUT2D eigenvalue weighted by molar-refractivity contribution is -0.155. The highest BCUT2D eigenvalue weighted by molar-refractivity contribution is 7.85. The number of ether oxygens (including phenoxy) is 2. The fraction of sp³-hybridized carbons (Fsp3) is 0.588. The Morgan fingerprint density at radius 1 is 1.38 bits per heavy atom. The molecule has 24 heavy (non-hydrogen) atoms. The number of hydrogen-bond donors (Lipinski definition) is 0. The molecule has 0 N–H and O–H groups in total. The van der Waals surface area contributed by atoms with Gasteiger partial charge in [-0.25, -0.2) is 8.42 Å². The molecule has 2 atom stereocenters. The van der Waals surface area contributed by atoms with E-state index in [0.717, 1.165) is 12.0 Å². The van der Waals surface area contributed by atoms with Crippen LogP contribution in [0.25, 0.3) is 0 Å². The highest BCUT2D eigenvalue weighted by Gasteiger charge is 2.34. The van der Waals surface area contributed by atoms with Gasteiger partial charge in [0.1, 0.15) is 22.8 Å². The van der Waals surface area contributed by atoms with Crippen molar-refractivity contribution in [2.45, 2.75) is 50.5 Å². The van der Waals surface area contributed by atoms with Crippen molar-refractivity contribution in [3.05, 3.63) is 29.8 Å². The van der Waals surface area contributed by atoms with E-state index in [1.165, 1.54) is 12.1 Å². The normalized spacial score (nSPS) is 18.9. The largest absolute Gasteiger partial charge is 0.744 e. The fourth-order valence-electron chi connectivity index (χ4n) is 2.63. The molecule has 1 fully saturated rings. The second-order valence-electron chi connectivity index (χ2n) is 6.77. The van der Waals surface area contributed by atoms with Gasteiger partial charge in [0.05, 0.1) is 16.9 Å². The number of epoxide rings is 1. The highest BCUT2D eigenvalue weighted by Crippen LogP contribution is 2.35. The lowest BCUT2D eigenvalue weighted by atomic mass is 9.79. The summed E-state index contributed by atoms with van der Waals surface area (Å²) in [6.45, 7) is 6.60. The number of carbonyl (C=O) groups is 1. The van der Waals surface area contributed by atoms with Gasteiger partial charge in [-0.1, -0.05) is 19.1 Å². The van der Waals surface area contributed by atoms with Crippen LogP contribution in [-0.4, -0.2) is 38.3 Å². The molecule has 2 rings (SSSR count). The number of hydrogen-bond acceptors (Lipinski definition) is 6. The first-order valence-electron chi connectivity index (χ1n) is 7.98. The fourth-order valence-corrected chi connectivity index (χ4v) is 3.10. The second-order valence-corrected chi connectivity index (χ2v) is 8.15. The molecular weight excluding hydrogens is 332 g/mol. The van der Waals surface area contributed by atoms with Gasteiger partial charge in [-0.15, -0.1) is 0 Å². The molecule has 0 aromatic heterocycles. The van der Waals surface area contributed by atoms with E-state index in [-0.39, 0.29) is 29.5 Å². The van der Waals surface area contributed by atoms with E-state index in [9.17, 15) is 17.8 Å². The van der Waals surface area contributed by atoms with Crippen molar-refractivity contribution in [1.29, 1.82) is 0 Å². The van der Waals surface area contributed by atoms with E-state index in [4.69, 9.17) is 9.47 Å². The van der Waals surface area contributed by atoms with E-state index in [1.807, 2.05) is 20.8 Å². The van der Waals surface area contributed by atoms with Crippen molar-refractivity contribution >= 4 is 16.1 Å². The Balaban J connectivity index is 2.05. The molecule has 1 saturated heterocycles. The minimum absolute atomic E-state index is 0.0355. The zero-order valence-corrected chi connectivity index (χ0v) is 15.0. The van der Waals surface area contributed by atoms with Crippen LogP contribution in [0, 0.1) is 5.41 Å². The Morgan fingerprint density at radius 3 is 2.42 bits per heavy atom. The third kappa shape index (κ3) is 5.03. The van der Waals surface area contributed by atoms with Gasteiger partial charge in [-0.3, -0.25) is 4.79 Å². The Kier molecular flexibility index (Phi) is 5.67. The molecule has 6 nitrogen and oxygen atoms in total. The third-order valence-corrected chi connectivity index (χ3v) is 5.09. The molecule has 0 amide bonds. The van der Waals surface area contributed by atoms with E-state index < -0.39 is 15.5 Å². The zero-order chi connectivity index (χ0) is 18.0. The Bertz CT molecular complexity index is 674. The van der Waals surface area contributed by atoms with Crippen LogP contribution in [0.15, 0.2) is 29.2 Å². The van der Waals surface area contributed by atoms with E-state index >= 15 is 0 Å². The molecule has 0 aliphatic carbocycles. The van der Waals surface area contributed by atoms with Gasteiger partial charge in [-0.2, -0.15) is 0 Å². The summed E-state index contributed by atoms with van der Waals surface area (Å²) in [6, 6.07) is 5.91. The standard InChI is InChI=1S/C17H24O6S/c1-4-12(13-5-7-15(8-6-13)24(19,20)21)9-17(2,3)16(18)23-11-14-10-22-14/h5-8,12,14H,4,9-11H2,1-3H3,(H,19,20,21)/p-1. The monoisotopic (exact) mass is 355 g/mol. The van der Waals surface area contributed by atoms with Gasteiger partial charge in [0.2, 0.25) is 0 Å². The molecule has 134 valence electrons. The van der Waals surface area contributed by atoms with Crippen LogP contribution in [0.1, 0.15) is 45.1 Å². The highest BCUT2D eigenvalue weighted by atomic mass is 32.2. The van der Waals surface area contributed by atoms with Gasteiger partial charge >= 0.3 is 5.97 Å². The molecule has 1 aromatic rings. The quantitative estimate of drug-likeness (QED) is 0.404. The van der Waals surface area contributed by atoms with Crippen LogP contribution in [0.4, 0.5) is 0 Å². The molecule has 0 spiro atoms. The summed E-state index contributed by atoms with van der Waals surface area (Å²) < 4.78 is 43.3. The molecule has 0 radical (unpaired) electrons. The minimum atomic E-state index is -4.45. The molecule has 2 unspecified atom stereocenters. The van der Waals surface area contributed by atoms with Crippen molar-refractivity contribution in [3.8, 4) is 0 Å². The summed E-state index contributed by atoms with van der Waals surface area (Å²) in [5.41, 5.74) is 0.232. The maximum Gasteiger partial charge on any atom is 0.311 e. The first kappa shape index (κ1) is 18.9. The molecule has 1 aromatic carbocycles. The minimum Gasteiger partial charge on any atom is -0.744 e. The van der Waals surface area contributed by atoms with Crippen LogP contribution >= 0.6 is 0 Å². The summed E-state index contributed by atoms with van der Waals surface area (Å²) in [4.78, 5) is 12.0. The van der Waals surface area contributed by atoms with Gasteiger partial charge in [0.15, 0.2) is 0 Å². The Labute approximate surface area is 142 Å². The van der Waals surface area contributed by atoms with Gasteiger partial charge in [0, 0.05) is 0 Å². The summed E-state index contributed by atoms with van der Waals surface area (Å²) in [5, 5.41) is 0. The van der Waals surface area contributed by atoms with Crippen molar-refractivity contribution in [2.75, 3.05) is 13.2 Å². The first-order chi connectivity index (χ1) is 11.1. The van der Waals surface area contributed by atoms with Gasteiger partial charge in [-0.05, 0) is 50.3 Å². The van der Waals surface area contributed by atoms with Crippen LogP contribution < -0.4 is 0 Å². The van der Waals surface area contributed by atoms with Crippen LogP contribution in [0.3, 0.4) is 0 Å². The summed E-state index contributed by atoms with van der Waals surface area (Å²) >= 11 is 0. The van der Waals surface area contributed by atoms with Crippen molar-refractivity contribution in [3.63, 3.8) is 0 Å². The summed E-state index contributed by atoms with van der Waals surface area (Å²) in [7, 11) is -4.45. The lowest BCUT2D eigenvalue weighted by Gasteiger charge is -2.27. The number of rotatable bonds is 8. The second kappa shape index (κ2) is 7.21. The first-order valence-corrected chi connectivity index (χ1v) is 9.39. The van der Waals surface area contributed by atoms with E-state index in [0.29, 0.717) is 13.0 Å². The maximum absolute atomic E-state index is 12.3. The van der Waals surface area contributed by atoms with E-state index in [2.05, 4.69) is 0 Å².